The fourth-order valence-electron chi connectivity index (χ4n) is 2.49. The molecular formula is C17H25N3O2S. The fourth-order valence-corrected chi connectivity index (χ4v) is 3.41. The van der Waals surface area contributed by atoms with Gasteiger partial charge in [-0.2, -0.15) is 0 Å². The van der Waals surface area contributed by atoms with Crippen molar-refractivity contribution in [1.29, 1.82) is 0 Å². The predicted octanol–water partition coefficient (Wildman–Crippen LogP) is 4.24. The van der Waals surface area contributed by atoms with Gasteiger partial charge in [0.25, 0.3) is 5.91 Å². The number of hydrogen-bond donors (Lipinski definition) is 2. The highest BCUT2D eigenvalue weighted by Gasteiger charge is 2.25. The smallest absolute Gasteiger partial charge is 0.259 e. The average molecular weight is 335 g/mol. The number of amides is 1. The number of carbonyl (C=O) groups is 1. The van der Waals surface area contributed by atoms with Crippen molar-refractivity contribution in [2.75, 3.05) is 5.73 Å². The van der Waals surface area contributed by atoms with Crippen LogP contribution in [0.4, 0.5) is 5.88 Å². The van der Waals surface area contributed by atoms with Crippen molar-refractivity contribution in [3.05, 3.63) is 22.6 Å². The second-order valence-electron chi connectivity index (χ2n) is 6.40. The summed E-state index contributed by atoms with van der Waals surface area (Å²) in [6.45, 7) is 8.40. The van der Waals surface area contributed by atoms with Crippen LogP contribution in [-0.4, -0.2) is 17.1 Å². The largest absolute Gasteiger partial charge is 0.367 e. The third-order valence-corrected chi connectivity index (χ3v) is 4.84. The number of aromatic nitrogens is 1. The van der Waals surface area contributed by atoms with Gasteiger partial charge in [-0.15, -0.1) is 11.3 Å². The summed E-state index contributed by atoms with van der Waals surface area (Å²) in [5, 5.41) is 8.95. The molecule has 2 aromatic heterocycles. The van der Waals surface area contributed by atoms with Crippen LogP contribution in [-0.2, 0) is 0 Å². The maximum Gasteiger partial charge on any atom is 0.259 e. The van der Waals surface area contributed by atoms with Crippen molar-refractivity contribution in [2.45, 2.75) is 53.0 Å². The third-order valence-electron chi connectivity index (χ3n) is 3.82. The van der Waals surface area contributed by atoms with Crippen LogP contribution in [0.5, 0.6) is 0 Å². The molecule has 0 aliphatic rings. The van der Waals surface area contributed by atoms with E-state index in [1.54, 1.807) is 0 Å². The molecule has 2 heterocycles. The van der Waals surface area contributed by atoms with Gasteiger partial charge in [-0.05, 0) is 43.2 Å². The number of nitrogens with one attached hydrogen (secondary N) is 1. The van der Waals surface area contributed by atoms with E-state index >= 15 is 0 Å². The van der Waals surface area contributed by atoms with Crippen LogP contribution in [0.15, 0.2) is 16.0 Å². The van der Waals surface area contributed by atoms with Gasteiger partial charge in [0.15, 0.2) is 0 Å². The van der Waals surface area contributed by atoms with Crippen LogP contribution < -0.4 is 11.1 Å². The lowest BCUT2D eigenvalue weighted by Crippen LogP contribution is -2.33. The zero-order valence-corrected chi connectivity index (χ0v) is 15.0. The minimum Gasteiger partial charge on any atom is -0.367 e. The summed E-state index contributed by atoms with van der Waals surface area (Å²) in [7, 11) is 0. The number of nitrogens with zero attached hydrogens (tertiary/aromatic N) is 1. The molecule has 2 rings (SSSR count). The van der Waals surface area contributed by atoms with Gasteiger partial charge in [0.2, 0.25) is 5.88 Å². The summed E-state index contributed by atoms with van der Waals surface area (Å²) >= 11 is 1.53. The number of nitrogen functional groups attached to an aromatic ring is 1. The zero-order valence-electron chi connectivity index (χ0n) is 14.2. The summed E-state index contributed by atoms with van der Waals surface area (Å²) in [4.78, 5) is 13.5. The molecule has 5 nitrogen and oxygen atoms in total. The minimum absolute atomic E-state index is 0.0691. The summed E-state index contributed by atoms with van der Waals surface area (Å²) in [6.07, 6.45) is 3.20. The number of rotatable bonds is 7. The van der Waals surface area contributed by atoms with E-state index in [0.717, 1.165) is 29.7 Å². The SMILES string of the molecule is Cc1ccsc1-c1noc(N)c1C(=O)NC(C)CCCC(C)C. The molecule has 0 aliphatic heterocycles. The summed E-state index contributed by atoms with van der Waals surface area (Å²) in [6, 6.07) is 2.08. The van der Waals surface area contributed by atoms with Crippen molar-refractivity contribution in [3.8, 4) is 10.6 Å². The average Bonchev–Trinajstić information content (AvgIpc) is 3.03. The molecule has 0 saturated heterocycles. The normalized spacial score (nSPS) is 12.6. The first-order valence-corrected chi connectivity index (χ1v) is 8.88. The minimum atomic E-state index is -0.219. The first kappa shape index (κ1) is 17.5. The second-order valence-corrected chi connectivity index (χ2v) is 7.32. The highest BCUT2D eigenvalue weighted by Crippen LogP contribution is 2.33. The van der Waals surface area contributed by atoms with Gasteiger partial charge in [-0.25, -0.2) is 0 Å². The van der Waals surface area contributed by atoms with E-state index in [-0.39, 0.29) is 17.8 Å². The molecule has 0 spiro atoms. The van der Waals surface area contributed by atoms with E-state index in [1.165, 1.54) is 11.3 Å². The first-order chi connectivity index (χ1) is 10.9. The first-order valence-electron chi connectivity index (χ1n) is 8.00. The maximum atomic E-state index is 12.6. The monoisotopic (exact) mass is 335 g/mol. The van der Waals surface area contributed by atoms with E-state index in [2.05, 4.69) is 24.3 Å². The molecule has 6 heteroatoms. The molecule has 0 aromatic carbocycles. The van der Waals surface area contributed by atoms with Gasteiger partial charge in [0, 0.05) is 6.04 Å². The molecular weight excluding hydrogens is 310 g/mol. The van der Waals surface area contributed by atoms with Crippen molar-refractivity contribution in [3.63, 3.8) is 0 Å². The number of hydrogen-bond acceptors (Lipinski definition) is 5. The molecule has 0 radical (unpaired) electrons. The topological polar surface area (TPSA) is 81.2 Å². The summed E-state index contributed by atoms with van der Waals surface area (Å²) < 4.78 is 5.06. The van der Waals surface area contributed by atoms with Gasteiger partial charge in [0.1, 0.15) is 11.3 Å². The molecule has 1 amide bonds. The Morgan fingerprint density at radius 1 is 1.39 bits per heavy atom. The number of thiophene rings is 1. The molecule has 0 saturated carbocycles. The van der Waals surface area contributed by atoms with Crippen molar-refractivity contribution >= 4 is 23.1 Å². The van der Waals surface area contributed by atoms with E-state index < -0.39 is 0 Å². The van der Waals surface area contributed by atoms with Crippen LogP contribution in [0, 0.1) is 12.8 Å². The number of anilines is 1. The summed E-state index contributed by atoms with van der Waals surface area (Å²) in [5.41, 5.74) is 7.76. The second kappa shape index (κ2) is 7.64. The molecule has 126 valence electrons. The van der Waals surface area contributed by atoms with E-state index in [4.69, 9.17) is 10.3 Å². The molecule has 23 heavy (non-hydrogen) atoms. The van der Waals surface area contributed by atoms with Crippen molar-refractivity contribution in [2.24, 2.45) is 5.92 Å². The lowest BCUT2D eigenvalue weighted by molar-refractivity contribution is 0.0939. The fraction of sp³-hybridized carbons (Fsp3) is 0.529. The van der Waals surface area contributed by atoms with Gasteiger partial charge in [-0.1, -0.05) is 31.8 Å². The Morgan fingerprint density at radius 2 is 2.13 bits per heavy atom. The van der Waals surface area contributed by atoms with Gasteiger partial charge in [0.05, 0.1) is 4.88 Å². The number of carbonyl (C=O) groups excluding carboxylic acids is 1. The van der Waals surface area contributed by atoms with Gasteiger partial charge < -0.3 is 15.6 Å². The molecule has 2 aromatic rings. The standard InChI is InChI=1S/C17H25N3O2S/c1-10(2)6-5-7-12(4)19-17(21)13-14(20-22-16(13)18)15-11(3)8-9-23-15/h8-10,12H,5-7,18H2,1-4H3,(H,19,21). The van der Waals surface area contributed by atoms with Crippen molar-refractivity contribution in [1.82, 2.24) is 10.5 Å². The van der Waals surface area contributed by atoms with Crippen LogP contribution in [0.1, 0.15) is 56.0 Å². The Kier molecular flexibility index (Phi) is 5.82. The third kappa shape index (κ3) is 4.34. The Labute approximate surface area is 141 Å². The van der Waals surface area contributed by atoms with Crippen LogP contribution >= 0.6 is 11.3 Å². The van der Waals surface area contributed by atoms with E-state index in [1.807, 2.05) is 25.3 Å². The quantitative estimate of drug-likeness (QED) is 0.793. The van der Waals surface area contributed by atoms with E-state index in [9.17, 15) is 4.79 Å². The van der Waals surface area contributed by atoms with Crippen LogP contribution in [0.3, 0.4) is 0 Å². The Morgan fingerprint density at radius 3 is 2.74 bits per heavy atom. The number of aryl methyl sites for hydroxylation is 1. The molecule has 0 aliphatic carbocycles. The lowest BCUT2D eigenvalue weighted by Gasteiger charge is -2.14. The molecule has 0 bridgehead atoms. The zero-order chi connectivity index (χ0) is 17.0. The molecule has 3 N–H and O–H groups in total. The highest BCUT2D eigenvalue weighted by molar-refractivity contribution is 7.13. The number of nitrogens with two attached hydrogens (primary N) is 1. The van der Waals surface area contributed by atoms with Crippen LogP contribution in [0.25, 0.3) is 10.6 Å². The maximum absolute atomic E-state index is 12.6. The molecule has 1 atom stereocenters. The Hall–Kier alpha value is -1.82. The Balaban J connectivity index is 2.08. The molecule has 0 fully saturated rings. The van der Waals surface area contributed by atoms with Crippen molar-refractivity contribution < 1.29 is 9.32 Å². The molecule has 1 unspecified atom stereocenters. The van der Waals surface area contributed by atoms with E-state index in [0.29, 0.717) is 17.2 Å². The lowest BCUT2D eigenvalue weighted by atomic mass is 10.0. The van der Waals surface area contributed by atoms with Crippen LogP contribution in [0.2, 0.25) is 0 Å². The predicted molar refractivity (Wildman–Crippen MR) is 94.6 cm³/mol. The van der Waals surface area contributed by atoms with Gasteiger partial charge >= 0.3 is 0 Å². The van der Waals surface area contributed by atoms with Gasteiger partial charge in [-0.3, -0.25) is 4.79 Å². The highest BCUT2D eigenvalue weighted by atomic mass is 32.1. The Bertz CT molecular complexity index is 661. The summed E-state index contributed by atoms with van der Waals surface area (Å²) in [5.74, 6) is 0.531.